The molecule has 0 unspecified atom stereocenters. The van der Waals surface area contributed by atoms with E-state index in [1.165, 1.54) is 12.7 Å². The Kier molecular flexibility index (Phi) is 7.48. The molecule has 0 saturated heterocycles. The second-order valence-corrected chi connectivity index (χ2v) is 11.1. The van der Waals surface area contributed by atoms with Gasteiger partial charge in [-0.05, 0) is 161 Å². The Bertz CT molecular complexity index is 1220. The maximum atomic E-state index is 5.98. The number of anilines is 7. The highest BCUT2D eigenvalue weighted by Crippen LogP contribution is 2.39. The number of hydrogen-bond donors (Lipinski definition) is 1. The summed E-state index contributed by atoms with van der Waals surface area (Å²) in [7, 11) is 0. The fraction of sp³-hybridized carbons (Fsp3) is 0.0323. The van der Waals surface area contributed by atoms with Crippen LogP contribution in [0.25, 0.3) is 0 Å². The van der Waals surface area contributed by atoms with Crippen molar-refractivity contribution in [1.29, 1.82) is 0 Å². The van der Waals surface area contributed by atoms with E-state index in [4.69, 9.17) is 5.73 Å². The van der Waals surface area contributed by atoms with E-state index in [1.807, 2.05) is 12.1 Å². The van der Waals surface area contributed by atoms with Gasteiger partial charge in [-0.3, -0.25) is 0 Å². The SMILES string of the molecule is Cc1ccc(N(c2ccc(I)cc2)c2ccc(N(c3ccc(N)cc3)c3ccc(I)cc3)cc2)cc1. The van der Waals surface area contributed by atoms with Crippen molar-refractivity contribution in [2.75, 3.05) is 15.5 Å². The molecule has 0 aromatic heterocycles. The molecule has 0 amide bonds. The van der Waals surface area contributed by atoms with Crippen molar-refractivity contribution in [2.45, 2.75) is 6.92 Å². The first-order chi connectivity index (χ1) is 17.5. The lowest BCUT2D eigenvalue weighted by Gasteiger charge is -2.28. The molecule has 0 radical (unpaired) electrons. The standard InChI is InChI=1S/C31H25I2N3/c1-22-2-10-26(11-3-22)35(27-12-4-23(32)5-13-27)30-18-20-31(21-19-30)36(28-14-6-24(33)7-15-28)29-16-8-25(34)9-17-29/h2-21H,34H2,1H3. The van der Waals surface area contributed by atoms with Crippen LogP contribution in [0.3, 0.4) is 0 Å². The average molecular weight is 693 g/mol. The van der Waals surface area contributed by atoms with Gasteiger partial charge in [-0.2, -0.15) is 0 Å². The lowest BCUT2D eigenvalue weighted by Crippen LogP contribution is -2.12. The molecule has 0 aliphatic carbocycles. The summed E-state index contributed by atoms with van der Waals surface area (Å²) in [6, 6.07) is 42.6. The monoisotopic (exact) mass is 693 g/mol. The van der Waals surface area contributed by atoms with E-state index in [-0.39, 0.29) is 0 Å². The quantitative estimate of drug-likeness (QED) is 0.142. The Balaban J connectivity index is 1.57. The van der Waals surface area contributed by atoms with Gasteiger partial charge in [-0.25, -0.2) is 0 Å². The number of benzene rings is 5. The highest BCUT2D eigenvalue weighted by molar-refractivity contribution is 14.1. The van der Waals surface area contributed by atoms with Gasteiger partial charge in [0.25, 0.3) is 0 Å². The largest absolute Gasteiger partial charge is 0.399 e. The summed E-state index contributed by atoms with van der Waals surface area (Å²) in [5, 5.41) is 0. The van der Waals surface area contributed by atoms with Crippen LogP contribution in [0.4, 0.5) is 39.8 Å². The van der Waals surface area contributed by atoms with Crippen LogP contribution in [-0.2, 0) is 0 Å². The molecule has 0 heterocycles. The van der Waals surface area contributed by atoms with E-state index in [0.29, 0.717) is 0 Å². The molecule has 0 aliphatic heterocycles. The molecule has 5 aromatic rings. The third-order valence-electron chi connectivity index (χ3n) is 5.98. The zero-order valence-corrected chi connectivity index (χ0v) is 24.1. The van der Waals surface area contributed by atoms with Crippen molar-refractivity contribution in [3.8, 4) is 0 Å². The Morgan fingerprint density at radius 1 is 0.417 bits per heavy atom. The maximum Gasteiger partial charge on any atom is 0.0463 e. The molecular weight excluding hydrogens is 668 g/mol. The molecular formula is C31H25I2N3. The lowest BCUT2D eigenvalue weighted by molar-refractivity contribution is 1.25. The molecule has 3 nitrogen and oxygen atoms in total. The maximum absolute atomic E-state index is 5.98. The van der Waals surface area contributed by atoms with Gasteiger partial charge in [0, 0.05) is 47.0 Å². The number of halogens is 2. The molecule has 2 N–H and O–H groups in total. The third-order valence-corrected chi connectivity index (χ3v) is 7.42. The number of hydrogen-bond acceptors (Lipinski definition) is 3. The van der Waals surface area contributed by atoms with Crippen molar-refractivity contribution in [1.82, 2.24) is 0 Å². The molecule has 0 saturated carbocycles. The Morgan fingerprint density at radius 2 is 0.667 bits per heavy atom. The molecule has 0 aliphatic rings. The Morgan fingerprint density at radius 3 is 1.00 bits per heavy atom. The third kappa shape index (κ3) is 5.52. The summed E-state index contributed by atoms with van der Waals surface area (Å²) in [5.41, 5.74) is 14.6. The highest BCUT2D eigenvalue weighted by atomic mass is 127. The zero-order valence-electron chi connectivity index (χ0n) is 19.8. The van der Waals surface area contributed by atoms with Gasteiger partial charge in [0.05, 0.1) is 0 Å². The van der Waals surface area contributed by atoms with Crippen LogP contribution >= 0.6 is 45.2 Å². The van der Waals surface area contributed by atoms with Crippen molar-refractivity contribution < 1.29 is 0 Å². The van der Waals surface area contributed by atoms with Gasteiger partial charge in [0.1, 0.15) is 0 Å². The van der Waals surface area contributed by atoms with Crippen molar-refractivity contribution in [3.63, 3.8) is 0 Å². The first kappa shape index (κ1) is 24.6. The topological polar surface area (TPSA) is 32.5 Å². The van der Waals surface area contributed by atoms with Crippen molar-refractivity contribution in [2.24, 2.45) is 0 Å². The second-order valence-electron chi connectivity index (χ2n) is 8.57. The van der Waals surface area contributed by atoms with Crippen molar-refractivity contribution in [3.05, 3.63) is 134 Å². The first-order valence-electron chi connectivity index (χ1n) is 11.6. The van der Waals surface area contributed by atoms with Gasteiger partial charge in [-0.15, -0.1) is 0 Å². The minimum absolute atomic E-state index is 0.753. The van der Waals surface area contributed by atoms with E-state index in [0.717, 1.165) is 39.8 Å². The van der Waals surface area contributed by atoms with Crippen LogP contribution in [-0.4, -0.2) is 0 Å². The number of aryl methyl sites for hydroxylation is 1. The molecule has 0 atom stereocenters. The molecule has 5 rings (SSSR count). The fourth-order valence-corrected chi connectivity index (χ4v) is 4.86. The van der Waals surface area contributed by atoms with Gasteiger partial charge in [0.15, 0.2) is 0 Å². The summed E-state index contributed by atoms with van der Waals surface area (Å²) in [6.45, 7) is 2.12. The van der Waals surface area contributed by atoms with E-state index < -0.39 is 0 Å². The smallest absolute Gasteiger partial charge is 0.0463 e. The summed E-state index contributed by atoms with van der Waals surface area (Å²) in [5.74, 6) is 0. The second kappa shape index (κ2) is 10.9. The summed E-state index contributed by atoms with van der Waals surface area (Å²) in [4.78, 5) is 4.54. The van der Waals surface area contributed by atoms with Gasteiger partial charge in [0.2, 0.25) is 0 Å². The number of nitrogens with two attached hydrogens (primary N) is 1. The fourth-order valence-electron chi connectivity index (χ4n) is 4.14. The molecule has 5 aromatic carbocycles. The predicted molar refractivity (Wildman–Crippen MR) is 170 cm³/mol. The van der Waals surface area contributed by atoms with Crippen LogP contribution in [0.5, 0.6) is 0 Å². The molecule has 0 bridgehead atoms. The normalized spacial score (nSPS) is 10.8. The van der Waals surface area contributed by atoms with Gasteiger partial charge in [-0.1, -0.05) is 17.7 Å². The molecule has 0 spiro atoms. The zero-order chi connectivity index (χ0) is 25.1. The van der Waals surface area contributed by atoms with Gasteiger partial charge >= 0.3 is 0 Å². The van der Waals surface area contributed by atoms with Crippen LogP contribution < -0.4 is 15.5 Å². The van der Waals surface area contributed by atoms with Gasteiger partial charge < -0.3 is 15.5 Å². The summed E-state index contributed by atoms with van der Waals surface area (Å²) in [6.07, 6.45) is 0. The first-order valence-corrected chi connectivity index (χ1v) is 13.8. The molecule has 5 heteroatoms. The minimum Gasteiger partial charge on any atom is -0.399 e. The minimum atomic E-state index is 0.753. The van der Waals surface area contributed by atoms with Crippen LogP contribution in [0, 0.1) is 14.1 Å². The molecule has 36 heavy (non-hydrogen) atoms. The molecule has 178 valence electrons. The van der Waals surface area contributed by atoms with E-state index in [9.17, 15) is 0 Å². The predicted octanol–water partition coefficient (Wildman–Crippen LogP) is 9.73. The van der Waals surface area contributed by atoms with E-state index in [1.54, 1.807) is 0 Å². The number of nitrogens with zero attached hydrogens (tertiary/aromatic N) is 2. The van der Waals surface area contributed by atoms with E-state index >= 15 is 0 Å². The highest BCUT2D eigenvalue weighted by Gasteiger charge is 2.16. The Labute approximate surface area is 239 Å². The Hall–Kier alpha value is -3.04. The lowest BCUT2D eigenvalue weighted by atomic mass is 10.1. The van der Waals surface area contributed by atoms with E-state index in [2.05, 4.69) is 171 Å². The van der Waals surface area contributed by atoms with Crippen LogP contribution in [0.15, 0.2) is 121 Å². The molecule has 0 fully saturated rings. The summed E-state index contributed by atoms with van der Waals surface area (Å²) < 4.78 is 2.42. The van der Waals surface area contributed by atoms with Crippen LogP contribution in [0.2, 0.25) is 0 Å². The van der Waals surface area contributed by atoms with Crippen LogP contribution in [0.1, 0.15) is 5.56 Å². The number of rotatable bonds is 6. The summed E-state index contributed by atoms with van der Waals surface area (Å²) >= 11 is 4.69. The number of nitrogen functional groups attached to an aromatic ring is 1. The van der Waals surface area contributed by atoms with Crippen molar-refractivity contribution >= 4 is 85.0 Å². The average Bonchev–Trinajstić information content (AvgIpc) is 2.90.